The monoisotopic (exact) mass is 326 g/mol. The minimum atomic E-state index is -1.78. The van der Waals surface area contributed by atoms with Crippen LogP contribution in [0.2, 0.25) is 18.1 Å². The molecule has 0 unspecified atom stereocenters. The van der Waals surface area contributed by atoms with Gasteiger partial charge in [0.05, 0.1) is 12.2 Å². The molecule has 0 aromatic carbocycles. The van der Waals surface area contributed by atoms with Gasteiger partial charge in [-0.15, -0.1) is 0 Å². The largest absolute Gasteiger partial charge is 0.462 e. The lowest BCUT2D eigenvalue weighted by Crippen LogP contribution is -2.40. The van der Waals surface area contributed by atoms with Crippen molar-refractivity contribution < 1.29 is 18.8 Å². The lowest BCUT2D eigenvalue weighted by atomic mass is 10.1. The number of carbonyl (C=O) groups is 2. The van der Waals surface area contributed by atoms with Crippen molar-refractivity contribution in [2.75, 3.05) is 13.2 Å². The second-order valence-electron chi connectivity index (χ2n) is 6.78. The Labute approximate surface area is 135 Å². The first kappa shape index (κ1) is 20.8. The Morgan fingerprint density at radius 3 is 2.27 bits per heavy atom. The van der Waals surface area contributed by atoms with E-state index in [9.17, 15) is 9.59 Å². The van der Waals surface area contributed by atoms with E-state index in [0.717, 1.165) is 6.29 Å². The second kappa shape index (κ2) is 9.05. The number of aldehydes is 1. The van der Waals surface area contributed by atoms with Gasteiger partial charge in [0.15, 0.2) is 8.32 Å². The van der Waals surface area contributed by atoms with Gasteiger partial charge in [-0.05, 0) is 50.0 Å². The summed E-state index contributed by atoms with van der Waals surface area (Å²) in [6.07, 6.45) is 4.66. The van der Waals surface area contributed by atoms with Crippen LogP contribution < -0.4 is 0 Å². The fraction of sp³-hybridized carbons (Fsp3) is 0.647. The zero-order chi connectivity index (χ0) is 17.4. The summed E-state index contributed by atoms with van der Waals surface area (Å²) in [5.41, 5.74) is 0.898. The van der Waals surface area contributed by atoms with Gasteiger partial charge in [-0.2, -0.15) is 0 Å². The normalized spacial score (nSPS) is 14.0. The highest BCUT2D eigenvalue weighted by Crippen LogP contribution is 2.36. The Bertz CT molecular complexity index is 442. The van der Waals surface area contributed by atoms with Crippen LogP contribution >= 0.6 is 0 Å². The number of hydrogen-bond donors (Lipinski definition) is 0. The smallest absolute Gasteiger partial charge is 0.337 e. The predicted molar refractivity (Wildman–Crippen MR) is 92.3 cm³/mol. The number of esters is 1. The Balaban J connectivity index is 4.81. The number of allylic oxidation sites excluding steroid dienone is 1. The summed E-state index contributed by atoms with van der Waals surface area (Å²) < 4.78 is 11.1. The highest BCUT2D eigenvalue weighted by Gasteiger charge is 2.36. The van der Waals surface area contributed by atoms with Crippen molar-refractivity contribution in [1.82, 2.24) is 0 Å². The van der Waals surface area contributed by atoms with Crippen molar-refractivity contribution in [1.29, 1.82) is 0 Å². The van der Waals surface area contributed by atoms with E-state index >= 15 is 0 Å². The van der Waals surface area contributed by atoms with E-state index in [1.807, 2.05) is 0 Å². The van der Waals surface area contributed by atoms with Crippen LogP contribution in [0.3, 0.4) is 0 Å². The van der Waals surface area contributed by atoms with Gasteiger partial charge in [0.1, 0.15) is 6.29 Å². The van der Waals surface area contributed by atoms with Crippen molar-refractivity contribution in [3.05, 3.63) is 23.3 Å². The van der Waals surface area contributed by atoms with Crippen LogP contribution in [0.15, 0.2) is 23.3 Å². The fourth-order valence-corrected chi connectivity index (χ4v) is 2.50. The minimum Gasteiger partial charge on any atom is -0.462 e. The molecule has 4 nitrogen and oxygen atoms in total. The average molecular weight is 327 g/mol. The van der Waals surface area contributed by atoms with Crippen molar-refractivity contribution >= 4 is 20.6 Å². The first-order valence-corrected chi connectivity index (χ1v) is 10.6. The van der Waals surface area contributed by atoms with E-state index in [0.29, 0.717) is 30.8 Å². The summed E-state index contributed by atoms with van der Waals surface area (Å²) in [6, 6.07) is 0. The van der Waals surface area contributed by atoms with Crippen LogP contribution in [-0.4, -0.2) is 33.8 Å². The third-order valence-corrected chi connectivity index (χ3v) is 8.37. The molecule has 0 rings (SSSR count). The van der Waals surface area contributed by atoms with Crippen molar-refractivity contribution in [2.45, 2.75) is 59.2 Å². The van der Waals surface area contributed by atoms with Crippen molar-refractivity contribution in [2.24, 2.45) is 0 Å². The quantitative estimate of drug-likeness (QED) is 0.169. The van der Waals surface area contributed by atoms with Gasteiger partial charge in [-0.3, -0.25) is 4.79 Å². The van der Waals surface area contributed by atoms with Crippen molar-refractivity contribution in [3.8, 4) is 0 Å². The second-order valence-corrected chi connectivity index (χ2v) is 11.6. The number of hydrogen-bond acceptors (Lipinski definition) is 4. The Morgan fingerprint density at radius 1 is 1.23 bits per heavy atom. The summed E-state index contributed by atoms with van der Waals surface area (Å²) in [4.78, 5) is 22.6. The van der Waals surface area contributed by atoms with Crippen LogP contribution in [0.25, 0.3) is 0 Å². The topological polar surface area (TPSA) is 52.6 Å². The maximum Gasteiger partial charge on any atom is 0.337 e. The number of ether oxygens (including phenoxy) is 1. The molecule has 0 bridgehead atoms. The molecule has 0 radical (unpaired) electrons. The molecule has 0 aromatic heterocycles. The molecule has 0 aliphatic rings. The molecule has 0 saturated heterocycles. The molecule has 0 heterocycles. The van der Waals surface area contributed by atoms with E-state index in [4.69, 9.17) is 9.16 Å². The van der Waals surface area contributed by atoms with Crippen LogP contribution in [0.5, 0.6) is 0 Å². The molecule has 0 aliphatic heterocycles. The van der Waals surface area contributed by atoms with E-state index in [1.54, 1.807) is 26.0 Å². The standard InChI is InChI=1S/C17H30O4Si/c1-8-20-16(19)15(12-14(2)13-18)10-9-11-21-22(6,7)17(3,4)5/h10,12-13H,8-9,11H2,1-7H3/b14-12+,15-10+. The molecule has 0 spiro atoms. The Morgan fingerprint density at radius 2 is 1.82 bits per heavy atom. The third kappa shape index (κ3) is 7.18. The molecule has 0 amide bonds. The van der Waals surface area contributed by atoms with Gasteiger partial charge in [-0.1, -0.05) is 26.8 Å². The number of rotatable bonds is 8. The zero-order valence-electron chi connectivity index (χ0n) is 15.0. The summed E-state index contributed by atoms with van der Waals surface area (Å²) in [7, 11) is -1.78. The molecule has 22 heavy (non-hydrogen) atoms. The Kier molecular flexibility index (Phi) is 8.56. The van der Waals surface area contributed by atoms with Gasteiger partial charge in [0.25, 0.3) is 0 Å². The lowest BCUT2D eigenvalue weighted by Gasteiger charge is -2.36. The molecule has 5 heteroatoms. The zero-order valence-corrected chi connectivity index (χ0v) is 16.0. The molecule has 0 atom stereocenters. The summed E-state index contributed by atoms with van der Waals surface area (Å²) >= 11 is 0. The molecule has 0 saturated carbocycles. The third-order valence-electron chi connectivity index (χ3n) is 3.83. The predicted octanol–water partition coefficient (Wildman–Crippen LogP) is 4.03. The molecular formula is C17H30O4Si. The first-order valence-electron chi connectivity index (χ1n) is 7.70. The van der Waals surface area contributed by atoms with Gasteiger partial charge in [-0.25, -0.2) is 4.79 Å². The average Bonchev–Trinajstić information content (AvgIpc) is 2.40. The van der Waals surface area contributed by atoms with Crippen molar-refractivity contribution in [3.63, 3.8) is 0 Å². The van der Waals surface area contributed by atoms with Gasteiger partial charge >= 0.3 is 5.97 Å². The van der Waals surface area contributed by atoms with E-state index in [1.165, 1.54) is 0 Å². The molecule has 0 aromatic rings. The minimum absolute atomic E-state index is 0.161. The molecular weight excluding hydrogens is 296 g/mol. The van der Waals surface area contributed by atoms with Crippen LogP contribution in [0.1, 0.15) is 41.0 Å². The van der Waals surface area contributed by atoms with Gasteiger partial charge in [0.2, 0.25) is 0 Å². The highest BCUT2D eigenvalue weighted by atomic mass is 28.4. The summed E-state index contributed by atoms with van der Waals surface area (Å²) in [6.45, 7) is 15.2. The highest BCUT2D eigenvalue weighted by molar-refractivity contribution is 6.74. The van der Waals surface area contributed by atoms with E-state index < -0.39 is 14.3 Å². The molecule has 0 aliphatic carbocycles. The van der Waals surface area contributed by atoms with Gasteiger partial charge < -0.3 is 9.16 Å². The van der Waals surface area contributed by atoms with Crippen LogP contribution in [0, 0.1) is 0 Å². The van der Waals surface area contributed by atoms with E-state index in [2.05, 4.69) is 33.9 Å². The first-order chi connectivity index (χ1) is 10.0. The fourth-order valence-electron chi connectivity index (χ4n) is 1.44. The Hall–Kier alpha value is -1.20. The van der Waals surface area contributed by atoms with Crippen LogP contribution in [0.4, 0.5) is 0 Å². The van der Waals surface area contributed by atoms with Crippen LogP contribution in [-0.2, 0) is 18.8 Å². The summed E-state index contributed by atoms with van der Waals surface area (Å²) in [5, 5.41) is 0.161. The molecule has 0 fully saturated rings. The SMILES string of the molecule is CCOC(=O)C(/C=C(\C)C=O)=C/CCO[Si](C)(C)C(C)(C)C. The van der Waals surface area contributed by atoms with E-state index in [-0.39, 0.29) is 5.04 Å². The van der Waals surface area contributed by atoms with Gasteiger partial charge in [0, 0.05) is 6.61 Å². The maximum atomic E-state index is 11.9. The lowest BCUT2D eigenvalue weighted by molar-refractivity contribution is -0.138. The molecule has 126 valence electrons. The maximum absolute atomic E-state index is 11.9. The molecule has 0 N–H and O–H groups in total. The number of carbonyl (C=O) groups excluding carboxylic acids is 2. The summed E-state index contributed by atoms with van der Waals surface area (Å²) in [5.74, 6) is -0.406.